The summed E-state index contributed by atoms with van der Waals surface area (Å²) in [5.41, 5.74) is 2.10. The molecule has 0 aliphatic carbocycles. The summed E-state index contributed by atoms with van der Waals surface area (Å²) >= 11 is 0. The van der Waals surface area contributed by atoms with Gasteiger partial charge in [0.1, 0.15) is 12.8 Å². The molecule has 2 heteroatoms. The first kappa shape index (κ1) is 11.8. The summed E-state index contributed by atoms with van der Waals surface area (Å²) in [7, 11) is 0. The van der Waals surface area contributed by atoms with Gasteiger partial charge in [0.2, 0.25) is 0 Å². The molecule has 17 heavy (non-hydrogen) atoms. The topological polar surface area (TPSA) is 9.23 Å². The lowest BCUT2D eigenvalue weighted by Gasteiger charge is -2.18. The number of alkyl halides is 1. The fraction of sp³-hybridized carbons (Fsp3) is 0.200. The highest BCUT2D eigenvalue weighted by Gasteiger charge is 2.13. The van der Waals surface area contributed by atoms with Crippen molar-refractivity contribution in [2.24, 2.45) is 0 Å². The Labute approximate surface area is 101 Å². The van der Waals surface area contributed by atoms with Crippen molar-refractivity contribution in [2.45, 2.75) is 6.10 Å². The maximum atomic E-state index is 12.3. The molecule has 0 atom stereocenters. The summed E-state index contributed by atoms with van der Waals surface area (Å²) in [5, 5.41) is 0. The van der Waals surface area contributed by atoms with Crippen LogP contribution in [0.5, 0.6) is 0 Å². The highest BCUT2D eigenvalue weighted by molar-refractivity contribution is 5.29. The van der Waals surface area contributed by atoms with Crippen LogP contribution in [0.2, 0.25) is 0 Å². The van der Waals surface area contributed by atoms with Crippen molar-refractivity contribution in [3.63, 3.8) is 0 Å². The van der Waals surface area contributed by atoms with Gasteiger partial charge in [0.25, 0.3) is 0 Å². The maximum absolute atomic E-state index is 12.3. The summed E-state index contributed by atoms with van der Waals surface area (Å²) in [6.07, 6.45) is -0.187. The minimum Gasteiger partial charge on any atom is -0.366 e. The van der Waals surface area contributed by atoms with E-state index in [1.165, 1.54) is 0 Å². The minimum absolute atomic E-state index is 0.119. The summed E-state index contributed by atoms with van der Waals surface area (Å²) in [4.78, 5) is 0. The molecule has 2 rings (SSSR count). The van der Waals surface area contributed by atoms with Gasteiger partial charge in [-0.05, 0) is 11.1 Å². The monoisotopic (exact) mass is 230 g/mol. The van der Waals surface area contributed by atoms with Gasteiger partial charge in [-0.1, -0.05) is 60.7 Å². The van der Waals surface area contributed by atoms with Crippen LogP contribution in [0.4, 0.5) is 4.39 Å². The molecule has 0 saturated heterocycles. The molecule has 0 radical (unpaired) electrons. The van der Waals surface area contributed by atoms with Crippen LogP contribution in [-0.4, -0.2) is 13.3 Å². The van der Waals surface area contributed by atoms with Crippen molar-refractivity contribution >= 4 is 0 Å². The van der Waals surface area contributed by atoms with Gasteiger partial charge in [0.15, 0.2) is 0 Å². The van der Waals surface area contributed by atoms with Gasteiger partial charge in [-0.2, -0.15) is 0 Å². The molecule has 0 amide bonds. The normalized spacial score (nSPS) is 10.7. The summed E-state index contributed by atoms with van der Waals surface area (Å²) in [6, 6.07) is 19.8. The van der Waals surface area contributed by atoms with Crippen LogP contribution in [0, 0.1) is 0 Å². The first-order valence-electron chi connectivity index (χ1n) is 5.69. The molecule has 0 aliphatic heterocycles. The van der Waals surface area contributed by atoms with Gasteiger partial charge in [-0.3, -0.25) is 0 Å². The molecular formula is C15H15FO. The Morgan fingerprint density at radius 2 is 1.29 bits per heavy atom. The second-order valence-electron chi connectivity index (χ2n) is 3.76. The van der Waals surface area contributed by atoms with Gasteiger partial charge >= 0.3 is 0 Å². The fourth-order valence-electron chi connectivity index (χ4n) is 1.80. The molecule has 1 nitrogen and oxygen atoms in total. The van der Waals surface area contributed by atoms with E-state index in [4.69, 9.17) is 4.74 Å². The molecule has 2 aromatic rings. The molecule has 0 saturated carbocycles. The van der Waals surface area contributed by atoms with Crippen molar-refractivity contribution < 1.29 is 9.13 Å². The standard InChI is InChI=1S/C15H15FO/c16-11-12-17-15(13-7-3-1-4-8-13)14-9-5-2-6-10-14/h1-10,15H,11-12H2. The number of ether oxygens (including phenoxy) is 1. The molecule has 0 aromatic heterocycles. The van der Waals surface area contributed by atoms with E-state index in [-0.39, 0.29) is 12.7 Å². The molecule has 0 fully saturated rings. The SMILES string of the molecule is FCCOC(c1ccccc1)c1ccccc1. The van der Waals surface area contributed by atoms with Crippen LogP contribution in [0.25, 0.3) is 0 Å². The molecule has 0 aliphatic rings. The average Bonchev–Trinajstić information content (AvgIpc) is 2.42. The third-order valence-electron chi connectivity index (χ3n) is 2.57. The van der Waals surface area contributed by atoms with Gasteiger partial charge in [0.05, 0.1) is 6.61 Å². The Morgan fingerprint density at radius 1 is 0.824 bits per heavy atom. The van der Waals surface area contributed by atoms with E-state index < -0.39 is 6.67 Å². The van der Waals surface area contributed by atoms with Crippen LogP contribution in [-0.2, 0) is 4.74 Å². The third-order valence-corrected chi connectivity index (χ3v) is 2.57. The van der Waals surface area contributed by atoms with E-state index >= 15 is 0 Å². The summed E-state index contributed by atoms with van der Waals surface area (Å²) < 4.78 is 17.8. The first-order chi connectivity index (χ1) is 8.42. The largest absolute Gasteiger partial charge is 0.366 e. The van der Waals surface area contributed by atoms with Crippen molar-refractivity contribution in [2.75, 3.05) is 13.3 Å². The Morgan fingerprint density at radius 3 is 1.71 bits per heavy atom. The lowest BCUT2D eigenvalue weighted by Crippen LogP contribution is -2.08. The molecule has 88 valence electrons. The van der Waals surface area contributed by atoms with E-state index in [1.807, 2.05) is 60.7 Å². The Hall–Kier alpha value is -1.67. The van der Waals surface area contributed by atoms with Crippen LogP contribution < -0.4 is 0 Å². The van der Waals surface area contributed by atoms with Crippen molar-refractivity contribution in [1.29, 1.82) is 0 Å². The second-order valence-corrected chi connectivity index (χ2v) is 3.76. The summed E-state index contributed by atoms with van der Waals surface area (Å²) in [5.74, 6) is 0. The molecule has 0 N–H and O–H groups in total. The van der Waals surface area contributed by atoms with E-state index in [9.17, 15) is 4.39 Å². The number of halogens is 1. The Bertz CT molecular complexity index is 388. The van der Waals surface area contributed by atoms with Crippen molar-refractivity contribution in [1.82, 2.24) is 0 Å². The Kier molecular flexibility index (Phi) is 4.28. The number of hydrogen-bond donors (Lipinski definition) is 0. The molecule has 0 spiro atoms. The zero-order valence-electron chi connectivity index (χ0n) is 9.55. The van der Waals surface area contributed by atoms with Crippen molar-refractivity contribution in [3.05, 3.63) is 71.8 Å². The highest BCUT2D eigenvalue weighted by Crippen LogP contribution is 2.25. The summed E-state index contributed by atoms with van der Waals surface area (Å²) in [6.45, 7) is -0.343. The molecule has 0 heterocycles. The van der Waals surface area contributed by atoms with Gasteiger partial charge < -0.3 is 4.74 Å². The lowest BCUT2D eigenvalue weighted by atomic mass is 10.0. The molecule has 2 aromatic carbocycles. The predicted octanol–water partition coefficient (Wildman–Crippen LogP) is 3.76. The zero-order chi connectivity index (χ0) is 11.9. The maximum Gasteiger partial charge on any atom is 0.113 e. The molecule has 0 unspecified atom stereocenters. The Balaban J connectivity index is 2.26. The van der Waals surface area contributed by atoms with E-state index in [0.29, 0.717) is 0 Å². The molecular weight excluding hydrogens is 215 g/mol. The third kappa shape index (κ3) is 3.14. The zero-order valence-corrected chi connectivity index (χ0v) is 9.55. The first-order valence-corrected chi connectivity index (χ1v) is 5.69. The quantitative estimate of drug-likeness (QED) is 0.759. The smallest absolute Gasteiger partial charge is 0.113 e. The predicted molar refractivity (Wildman–Crippen MR) is 66.7 cm³/mol. The van der Waals surface area contributed by atoms with E-state index in [1.54, 1.807) is 0 Å². The van der Waals surface area contributed by atoms with Gasteiger partial charge in [-0.15, -0.1) is 0 Å². The van der Waals surface area contributed by atoms with E-state index in [2.05, 4.69) is 0 Å². The number of benzene rings is 2. The van der Waals surface area contributed by atoms with Crippen LogP contribution in [0.1, 0.15) is 17.2 Å². The minimum atomic E-state index is -0.462. The number of hydrogen-bond acceptors (Lipinski definition) is 1. The number of rotatable bonds is 5. The highest BCUT2D eigenvalue weighted by atomic mass is 19.1. The second kappa shape index (κ2) is 6.16. The lowest BCUT2D eigenvalue weighted by molar-refractivity contribution is 0.0692. The van der Waals surface area contributed by atoms with Crippen LogP contribution in [0.3, 0.4) is 0 Å². The average molecular weight is 230 g/mol. The fourth-order valence-corrected chi connectivity index (χ4v) is 1.80. The molecule has 0 bridgehead atoms. The van der Waals surface area contributed by atoms with Crippen LogP contribution in [0.15, 0.2) is 60.7 Å². The van der Waals surface area contributed by atoms with Gasteiger partial charge in [-0.25, -0.2) is 4.39 Å². The van der Waals surface area contributed by atoms with Crippen LogP contribution >= 0.6 is 0 Å². The van der Waals surface area contributed by atoms with Gasteiger partial charge in [0, 0.05) is 0 Å². The van der Waals surface area contributed by atoms with E-state index in [0.717, 1.165) is 11.1 Å². The van der Waals surface area contributed by atoms with Crippen molar-refractivity contribution in [3.8, 4) is 0 Å².